The van der Waals surface area contributed by atoms with Gasteiger partial charge >= 0.3 is 0 Å². The average Bonchev–Trinajstić information content (AvgIpc) is 2.49. The topological polar surface area (TPSA) is 29.5 Å². The Hall–Kier alpha value is -1.35. The van der Waals surface area contributed by atoms with Crippen LogP contribution in [-0.4, -0.2) is 37.1 Å². The van der Waals surface area contributed by atoms with Gasteiger partial charge in [-0.1, -0.05) is 30.3 Å². The van der Waals surface area contributed by atoms with Crippen LogP contribution >= 0.6 is 0 Å². The van der Waals surface area contributed by atoms with E-state index < -0.39 is 0 Å². The number of carbonyl (C=O) groups excluding carboxylic acids is 1. The molecule has 0 bridgehead atoms. The molecule has 1 atom stereocenters. The van der Waals surface area contributed by atoms with Crippen LogP contribution in [0.3, 0.4) is 0 Å². The number of carbonyl (C=O) groups is 1. The van der Waals surface area contributed by atoms with Crippen LogP contribution in [0.2, 0.25) is 0 Å². The Morgan fingerprint density at radius 2 is 2.10 bits per heavy atom. The van der Waals surface area contributed by atoms with E-state index in [4.69, 9.17) is 4.74 Å². The van der Waals surface area contributed by atoms with Gasteiger partial charge in [0.15, 0.2) is 0 Å². The molecule has 0 saturated carbocycles. The maximum atomic E-state index is 12.0. The zero-order chi connectivity index (χ0) is 14.2. The van der Waals surface area contributed by atoms with E-state index in [0.29, 0.717) is 6.04 Å². The minimum Gasteiger partial charge on any atom is -0.375 e. The zero-order valence-electron chi connectivity index (χ0n) is 12.4. The van der Waals surface area contributed by atoms with Gasteiger partial charge in [-0.15, -0.1) is 0 Å². The second-order valence-electron chi connectivity index (χ2n) is 5.55. The summed E-state index contributed by atoms with van der Waals surface area (Å²) in [5.74, 6) is 0.150. The number of likely N-dealkylation sites (tertiary alicyclic amines) is 1. The van der Waals surface area contributed by atoms with Crippen molar-refractivity contribution in [2.75, 3.05) is 20.3 Å². The van der Waals surface area contributed by atoms with Crippen molar-refractivity contribution in [2.24, 2.45) is 0 Å². The van der Waals surface area contributed by atoms with Crippen LogP contribution in [0.25, 0.3) is 0 Å². The van der Waals surface area contributed by atoms with Crippen molar-refractivity contribution >= 4 is 5.91 Å². The minimum absolute atomic E-state index is 0.150. The van der Waals surface area contributed by atoms with Gasteiger partial charge in [0.1, 0.15) is 6.61 Å². The summed E-state index contributed by atoms with van der Waals surface area (Å²) in [6.45, 7) is 1.12. The molecule has 1 aromatic carbocycles. The first-order chi connectivity index (χ1) is 9.81. The maximum absolute atomic E-state index is 12.0. The normalized spacial score (nSPS) is 19.1. The molecule has 110 valence electrons. The summed E-state index contributed by atoms with van der Waals surface area (Å²) >= 11 is 0. The van der Waals surface area contributed by atoms with Gasteiger partial charge < -0.3 is 9.64 Å². The number of nitrogens with zero attached hydrogens (tertiary/aromatic N) is 1. The van der Waals surface area contributed by atoms with Gasteiger partial charge in [-0.05, 0) is 44.1 Å². The van der Waals surface area contributed by atoms with Crippen molar-refractivity contribution in [1.29, 1.82) is 0 Å². The number of piperidine rings is 1. The smallest absolute Gasteiger partial charge is 0.248 e. The van der Waals surface area contributed by atoms with E-state index >= 15 is 0 Å². The second-order valence-corrected chi connectivity index (χ2v) is 5.55. The van der Waals surface area contributed by atoms with Crippen LogP contribution in [0.1, 0.15) is 37.7 Å². The third kappa shape index (κ3) is 4.34. The number of benzene rings is 1. The van der Waals surface area contributed by atoms with Crippen molar-refractivity contribution in [2.45, 2.75) is 44.6 Å². The van der Waals surface area contributed by atoms with Crippen LogP contribution in [-0.2, 0) is 16.0 Å². The lowest BCUT2D eigenvalue weighted by Gasteiger charge is -2.35. The monoisotopic (exact) mass is 275 g/mol. The van der Waals surface area contributed by atoms with Crippen molar-refractivity contribution in [3.8, 4) is 0 Å². The summed E-state index contributed by atoms with van der Waals surface area (Å²) in [4.78, 5) is 14.1. The number of hydrogen-bond acceptors (Lipinski definition) is 2. The Labute approximate surface area is 121 Å². The molecule has 3 nitrogen and oxygen atoms in total. The molecule has 2 rings (SSSR count). The highest BCUT2D eigenvalue weighted by molar-refractivity contribution is 5.77. The molecule has 1 saturated heterocycles. The standard InChI is InChI=1S/C17H25NO2/c1-20-14-17(19)18-13-6-5-11-16(18)12-7-10-15-8-3-2-4-9-15/h2-4,8-9,16H,5-7,10-14H2,1H3/t16-/m1/s1. The van der Waals surface area contributed by atoms with Crippen molar-refractivity contribution < 1.29 is 9.53 Å². The SMILES string of the molecule is COCC(=O)N1CCCC[C@@H]1CCCc1ccccc1. The van der Waals surface area contributed by atoms with Crippen LogP contribution < -0.4 is 0 Å². The largest absolute Gasteiger partial charge is 0.375 e. The molecule has 0 N–H and O–H groups in total. The predicted molar refractivity (Wildman–Crippen MR) is 80.6 cm³/mol. The molecule has 1 amide bonds. The molecule has 3 heteroatoms. The van der Waals surface area contributed by atoms with Gasteiger partial charge in [0.05, 0.1) is 0 Å². The van der Waals surface area contributed by atoms with Crippen LogP contribution in [0, 0.1) is 0 Å². The van der Waals surface area contributed by atoms with Gasteiger partial charge in [-0.25, -0.2) is 0 Å². The van der Waals surface area contributed by atoms with E-state index in [9.17, 15) is 4.79 Å². The molecule has 1 fully saturated rings. The van der Waals surface area contributed by atoms with Gasteiger partial charge in [-0.3, -0.25) is 4.79 Å². The van der Waals surface area contributed by atoms with E-state index in [1.54, 1.807) is 7.11 Å². The molecular formula is C17H25NO2. The molecule has 0 aliphatic carbocycles. The Kier molecular flexibility index (Phi) is 6.06. The van der Waals surface area contributed by atoms with Crippen molar-refractivity contribution in [1.82, 2.24) is 4.90 Å². The highest BCUT2D eigenvalue weighted by Crippen LogP contribution is 2.22. The minimum atomic E-state index is 0.150. The van der Waals surface area contributed by atoms with Gasteiger partial charge in [0.25, 0.3) is 0 Å². The van der Waals surface area contributed by atoms with E-state index in [-0.39, 0.29) is 12.5 Å². The fraction of sp³-hybridized carbons (Fsp3) is 0.588. The third-order valence-electron chi connectivity index (χ3n) is 4.06. The summed E-state index contributed by atoms with van der Waals surface area (Å²) in [5.41, 5.74) is 1.39. The first kappa shape index (κ1) is 15.0. The van der Waals surface area contributed by atoms with Gasteiger partial charge in [0.2, 0.25) is 5.91 Å². The summed E-state index contributed by atoms with van der Waals surface area (Å²) in [6, 6.07) is 11.0. The Morgan fingerprint density at radius 1 is 1.30 bits per heavy atom. The number of aryl methyl sites for hydroxylation is 1. The molecule has 1 aromatic rings. The first-order valence-corrected chi connectivity index (χ1v) is 7.63. The summed E-state index contributed by atoms with van der Waals surface area (Å²) < 4.78 is 4.99. The highest BCUT2D eigenvalue weighted by Gasteiger charge is 2.25. The van der Waals surface area contributed by atoms with E-state index in [1.807, 2.05) is 4.90 Å². The quantitative estimate of drug-likeness (QED) is 0.798. The molecule has 0 aromatic heterocycles. The molecule has 20 heavy (non-hydrogen) atoms. The number of ether oxygens (including phenoxy) is 1. The number of amides is 1. The fourth-order valence-electron chi connectivity index (χ4n) is 3.02. The van der Waals surface area contributed by atoms with E-state index in [2.05, 4.69) is 30.3 Å². The molecular weight excluding hydrogens is 250 g/mol. The van der Waals surface area contributed by atoms with Crippen molar-refractivity contribution in [3.63, 3.8) is 0 Å². The predicted octanol–water partition coefficient (Wildman–Crippen LogP) is 3.04. The Morgan fingerprint density at radius 3 is 2.85 bits per heavy atom. The molecule has 1 aliphatic rings. The molecule has 1 heterocycles. The third-order valence-corrected chi connectivity index (χ3v) is 4.06. The molecule has 1 aliphatic heterocycles. The fourth-order valence-corrected chi connectivity index (χ4v) is 3.02. The van der Waals surface area contributed by atoms with E-state index in [1.165, 1.54) is 12.0 Å². The van der Waals surface area contributed by atoms with E-state index in [0.717, 1.165) is 38.6 Å². The van der Waals surface area contributed by atoms with Crippen LogP contribution in [0.4, 0.5) is 0 Å². The van der Waals surface area contributed by atoms with Gasteiger partial charge in [-0.2, -0.15) is 0 Å². The summed E-state index contributed by atoms with van der Waals surface area (Å²) in [6.07, 6.45) is 6.86. The number of hydrogen-bond donors (Lipinski definition) is 0. The second kappa shape index (κ2) is 8.05. The van der Waals surface area contributed by atoms with Crippen LogP contribution in [0.15, 0.2) is 30.3 Å². The summed E-state index contributed by atoms with van der Waals surface area (Å²) in [7, 11) is 1.59. The lowest BCUT2D eigenvalue weighted by Crippen LogP contribution is -2.45. The Balaban J connectivity index is 1.81. The first-order valence-electron chi connectivity index (χ1n) is 7.63. The lowest BCUT2D eigenvalue weighted by molar-refractivity contribution is -0.139. The van der Waals surface area contributed by atoms with Crippen LogP contribution in [0.5, 0.6) is 0 Å². The average molecular weight is 275 g/mol. The zero-order valence-corrected chi connectivity index (χ0v) is 12.4. The summed E-state index contributed by atoms with van der Waals surface area (Å²) in [5, 5.41) is 0. The van der Waals surface area contributed by atoms with Gasteiger partial charge in [0, 0.05) is 19.7 Å². The Bertz CT molecular complexity index is 405. The maximum Gasteiger partial charge on any atom is 0.248 e. The molecule has 0 spiro atoms. The lowest BCUT2D eigenvalue weighted by atomic mass is 9.96. The number of methoxy groups -OCH3 is 1. The number of rotatable bonds is 6. The molecule has 0 unspecified atom stereocenters. The molecule has 0 radical (unpaired) electrons. The highest BCUT2D eigenvalue weighted by atomic mass is 16.5. The van der Waals surface area contributed by atoms with Crippen molar-refractivity contribution in [3.05, 3.63) is 35.9 Å².